The summed E-state index contributed by atoms with van der Waals surface area (Å²) < 4.78 is 26.1. The summed E-state index contributed by atoms with van der Waals surface area (Å²) in [4.78, 5) is 27.8. The molecule has 1 aromatic carbocycles. The Morgan fingerprint density at radius 3 is 2.54 bits per heavy atom. The Bertz CT molecular complexity index is 936. The number of carbonyl (C=O) groups excluding carboxylic acids is 1. The molecule has 0 saturated carbocycles. The second-order valence-corrected chi connectivity index (χ2v) is 10.5. The quantitative estimate of drug-likeness (QED) is 0.506. The zero-order valence-electron chi connectivity index (χ0n) is 17.0. The second kappa shape index (κ2) is 8.76. The summed E-state index contributed by atoms with van der Waals surface area (Å²) in [5.74, 6) is -1.35. The van der Waals surface area contributed by atoms with Crippen molar-refractivity contribution in [3.8, 4) is 0 Å². The highest BCUT2D eigenvalue weighted by atomic mass is 35.5. The van der Waals surface area contributed by atoms with Crippen LogP contribution < -0.4 is 5.43 Å². The Hall–Kier alpha value is -1.70. The Morgan fingerprint density at radius 1 is 1.36 bits per heavy atom. The smallest absolute Gasteiger partial charge is 0.343 e. The van der Waals surface area contributed by atoms with Gasteiger partial charge in [-0.25, -0.2) is 9.18 Å². The number of aromatic amines is 1. The van der Waals surface area contributed by atoms with Crippen molar-refractivity contribution in [1.29, 1.82) is 0 Å². The summed E-state index contributed by atoms with van der Waals surface area (Å²) in [5, 5.41) is -0.0482. The SMILES string of the molecule is CCOC(=O)c1c[nH]c2c(C(CC(C)(C)C)O[Si](C)C)c(F)c(Cl)cc2c1=O. The van der Waals surface area contributed by atoms with Gasteiger partial charge in [-0.05, 0) is 37.9 Å². The van der Waals surface area contributed by atoms with Crippen LogP contribution >= 0.6 is 11.6 Å². The number of fused-ring (bicyclic) bond motifs is 1. The molecule has 1 atom stereocenters. The van der Waals surface area contributed by atoms with Gasteiger partial charge in [-0.15, -0.1) is 0 Å². The molecule has 0 bridgehead atoms. The minimum atomic E-state index is -1.16. The zero-order valence-corrected chi connectivity index (χ0v) is 18.8. The summed E-state index contributed by atoms with van der Waals surface area (Å²) in [7, 11) is -1.16. The molecule has 0 aliphatic heterocycles. The van der Waals surface area contributed by atoms with Crippen LogP contribution in [0.4, 0.5) is 4.39 Å². The molecule has 8 heteroatoms. The van der Waals surface area contributed by atoms with E-state index in [4.69, 9.17) is 20.8 Å². The van der Waals surface area contributed by atoms with E-state index in [1.165, 1.54) is 12.3 Å². The molecule has 1 unspecified atom stereocenters. The molecule has 0 aliphatic carbocycles. The van der Waals surface area contributed by atoms with Gasteiger partial charge in [0.05, 0.1) is 23.3 Å². The molecule has 0 amide bonds. The number of benzene rings is 1. The van der Waals surface area contributed by atoms with Crippen molar-refractivity contribution >= 4 is 37.5 Å². The van der Waals surface area contributed by atoms with E-state index in [2.05, 4.69) is 4.98 Å². The topological polar surface area (TPSA) is 68.4 Å². The minimum Gasteiger partial charge on any atom is -0.462 e. The number of hydrogen-bond acceptors (Lipinski definition) is 4. The molecule has 1 radical (unpaired) electrons. The molecular formula is C20H26ClFNO4Si. The molecule has 0 fully saturated rings. The minimum absolute atomic E-state index is 0.135. The Labute approximate surface area is 170 Å². The average Bonchev–Trinajstić information content (AvgIpc) is 2.55. The average molecular weight is 427 g/mol. The van der Waals surface area contributed by atoms with Gasteiger partial charge in [-0.2, -0.15) is 0 Å². The van der Waals surface area contributed by atoms with Crippen LogP contribution in [0.15, 0.2) is 17.1 Å². The first kappa shape index (κ1) is 22.6. The van der Waals surface area contributed by atoms with E-state index < -0.39 is 32.4 Å². The van der Waals surface area contributed by atoms with Crippen molar-refractivity contribution in [2.24, 2.45) is 5.41 Å². The predicted molar refractivity (Wildman–Crippen MR) is 111 cm³/mol. The van der Waals surface area contributed by atoms with Gasteiger partial charge < -0.3 is 14.1 Å². The van der Waals surface area contributed by atoms with E-state index >= 15 is 4.39 Å². The molecule has 0 saturated heterocycles. The summed E-state index contributed by atoms with van der Waals surface area (Å²) in [6.45, 7) is 11.8. The first-order valence-corrected chi connectivity index (χ1v) is 11.9. The number of aromatic nitrogens is 1. The fourth-order valence-corrected chi connectivity index (χ4v) is 4.02. The van der Waals surface area contributed by atoms with Gasteiger partial charge in [-0.3, -0.25) is 4.79 Å². The first-order valence-electron chi connectivity index (χ1n) is 9.13. The van der Waals surface area contributed by atoms with Crippen LogP contribution in [0.5, 0.6) is 0 Å². The van der Waals surface area contributed by atoms with Crippen LogP contribution in [0.25, 0.3) is 10.9 Å². The van der Waals surface area contributed by atoms with E-state index in [1.807, 2.05) is 33.9 Å². The van der Waals surface area contributed by atoms with Gasteiger partial charge in [0, 0.05) is 17.1 Å². The summed E-state index contributed by atoms with van der Waals surface area (Å²) in [6.07, 6.45) is 1.23. The maximum absolute atomic E-state index is 15.1. The lowest BCUT2D eigenvalue weighted by molar-refractivity contribution is 0.0524. The Kier molecular flexibility index (Phi) is 7.06. The van der Waals surface area contributed by atoms with Gasteiger partial charge >= 0.3 is 5.97 Å². The highest BCUT2D eigenvalue weighted by molar-refractivity contribution is 6.48. The molecule has 5 nitrogen and oxygen atoms in total. The van der Waals surface area contributed by atoms with Gasteiger partial charge in [0.2, 0.25) is 14.5 Å². The van der Waals surface area contributed by atoms with Crippen molar-refractivity contribution in [2.75, 3.05) is 6.61 Å². The Morgan fingerprint density at radius 2 is 2.00 bits per heavy atom. The van der Waals surface area contributed by atoms with Crippen molar-refractivity contribution in [1.82, 2.24) is 4.98 Å². The Balaban J connectivity index is 2.76. The fraction of sp³-hybridized carbons (Fsp3) is 0.500. The summed E-state index contributed by atoms with van der Waals surface area (Å²) in [5.41, 5.74) is -0.335. The standard InChI is InChI=1S/C20H26ClFNO4Si/c1-7-26-19(25)12-10-23-17-11(18(12)24)8-13(21)16(22)15(17)14(27-28(5)6)9-20(2,3)4/h8,10,14H,7,9H2,1-6H3,(H,23,24). The molecular weight excluding hydrogens is 401 g/mol. The molecule has 153 valence electrons. The number of esters is 1. The normalized spacial score (nSPS) is 13.2. The lowest BCUT2D eigenvalue weighted by atomic mass is 9.86. The van der Waals surface area contributed by atoms with Gasteiger partial charge in [0.15, 0.2) is 0 Å². The molecule has 1 heterocycles. The first-order chi connectivity index (χ1) is 13.0. The molecule has 0 aliphatic rings. The van der Waals surface area contributed by atoms with Gasteiger partial charge in [-0.1, -0.05) is 32.4 Å². The summed E-state index contributed by atoms with van der Waals surface area (Å²) >= 11 is 6.12. The van der Waals surface area contributed by atoms with Crippen molar-refractivity contribution < 1.29 is 18.3 Å². The molecule has 0 spiro atoms. The number of halogens is 2. The van der Waals surface area contributed by atoms with E-state index in [9.17, 15) is 9.59 Å². The van der Waals surface area contributed by atoms with Crippen LogP contribution in [0.2, 0.25) is 18.1 Å². The number of rotatable bonds is 6. The molecule has 28 heavy (non-hydrogen) atoms. The van der Waals surface area contributed by atoms with Crippen LogP contribution in [0.3, 0.4) is 0 Å². The highest BCUT2D eigenvalue weighted by Gasteiger charge is 2.29. The van der Waals surface area contributed by atoms with Gasteiger partial charge in [0.25, 0.3) is 0 Å². The lowest BCUT2D eigenvalue weighted by Gasteiger charge is -2.29. The van der Waals surface area contributed by atoms with E-state index in [-0.39, 0.29) is 39.1 Å². The number of ether oxygens (including phenoxy) is 1. The van der Waals surface area contributed by atoms with Crippen molar-refractivity contribution in [3.63, 3.8) is 0 Å². The lowest BCUT2D eigenvalue weighted by Crippen LogP contribution is -2.23. The number of pyridine rings is 1. The second-order valence-electron chi connectivity index (χ2n) is 8.04. The van der Waals surface area contributed by atoms with Crippen LogP contribution in [0.1, 0.15) is 56.1 Å². The predicted octanol–water partition coefficient (Wildman–Crippen LogP) is 5.24. The molecule has 1 aromatic heterocycles. The van der Waals surface area contributed by atoms with Crippen molar-refractivity contribution in [2.45, 2.75) is 53.3 Å². The van der Waals surface area contributed by atoms with E-state index in [1.54, 1.807) is 6.92 Å². The zero-order chi connectivity index (χ0) is 21.2. The molecule has 2 aromatic rings. The van der Waals surface area contributed by atoms with E-state index in [0.29, 0.717) is 6.42 Å². The fourth-order valence-electron chi connectivity index (χ4n) is 3.04. The monoisotopic (exact) mass is 426 g/mol. The molecule has 2 rings (SSSR count). The maximum atomic E-state index is 15.1. The molecule has 1 N–H and O–H groups in total. The third-order valence-electron chi connectivity index (χ3n) is 4.10. The van der Waals surface area contributed by atoms with Gasteiger partial charge in [0.1, 0.15) is 11.4 Å². The van der Waals surface area contributed by atoms with Crippen LogP contribution in [0, 0.1) is 11.2 Å². The van der Waals surface area contributed by atoms with Crippen molar-refractivity contribution in [3.05, 3.63) is 44.5 Å². The van der Waals surface area contributed by atoms with Crippen LogP contribution in [-0.2, 0) is 9.16 Å². The third kappa shape index (κ3) is 5.01. The summed E-state index contributed by atoms with van der Waals surface area (Å²) in [6, 6.07) is 1.25. The highest BCUT2D eigenvalue weighted by Crippen LogP contribution is 2.38. The van der Waals surface area contributed by atoms with Crippen LogP contribution in [-0.4, -0.2) is 26.6 Å². The number of hydrogen-bond donors (Lipinski definition) is 1. The third-order valence-corrected chi connectivity index (χ3v) is 5.13. The number of nitrogens with one attached hydrogen (secondary N) is 1. The van der Waals surface area contributed by atoms with E-state index in [0.717, 1.165) is 0 Å². The largest absolute Gasteiger partial charge is 0.462 e. The maximum Gasteiger partial charge on any atom is 0.343 e. The number of H-pyrrole nitrogens is 1. The number of carbonyl (C=O) groups is 1.